The van der Waals surface area contributed by atoms with Crippen molar-refractivity contribution in [3.8, 4) is 0 Å². The van der Waals surface area contributed by atoms with E-state index in [-0.39, 0.29) is 6.10 Å². The van der Waals surface area contributed by atoms with Gasteiger partial charge in [-0.3, -0.25) is 9.59 Å². The van der Waals surface area contributed by atoms with Gasteiger partial charge in [0.2, 0.25) is 11.6 Å². The van der Waals surface area contributed by atoms with E-state index in [1.807, 2.05) is 12.1 Å². The SMILES string of the molecule is O=C1C=C(C2CNCCO2)c2ccccc2C1=O. The van der Waals surface area contributed by atoms with E-state index >= 15 is 0 Å². The molecule has 0 radical (unpaired) electrons. The lowest BCUT2D eigenvalue weighted by Crippen LogP contribution is -2.40. The molecule has 1 saturated heterocycles. The number of nitrogens with one attached hydrogen (secondary N) is 1. The van der Waals surface area contributed by atoms with E-state index < -0.39 is 11.6 Å². The Bertz CT molecular complexity index is 542. The van der Waals surface area contributed by atoms with E-state index in [0.717, 1.165) is 17.7 Å². The molecular formula is C14H13NO3. The second kappa shape index (κ2) is 4.48. The van der Waals surface area contributed by atoms with Gasteiger partial charge in [0.1, 0.15) is 0 Å². The summed E-state index contributed by atoms with van der Waals surface area (Å²) in [5.74, 6) is -0.893. The van der Waals surface area contributed by atoms with Crippen molar-refractivity contribution in [3.63, 3.8) is 0 Å². The highest BCUT2D eigenvalue weighted by molar-refractivity contribution is 6.50. The first kappa shape index (κ1) is 11.3. The summed E-state index contributed by atoms with van der Waals surface area (Å²) < 4.78 is 5.66. The summed E-state index contributed by atoms with van der Waals surface area (Å²) in [7, 11) is 0. The maximum absolute atomic E-state index is 11.8. The number of allylic oxidation sites excluding steroid dienone is 1. The predicted octanol–water partition coefficient (Wildman–Crippen LogP) is 0.824. The van der Waals surface area contributed by atoms with Gasteiger partial charge in [0.25, 0.3) is 0 Å². The fourth-order valence-corrected chi connectivity index (χ4v) is 2.38. The van der Waals surface area contributed by atoms with Crippen molar-refractivity contribution in [2.24, 2.45) is 0 Å². The van der Waals surface area contributed by atoms with Crippen LogP contribution in [0.5, 0.6) is 0 Å². The Morgan fingerprint density at radius 2 is 1.94 bits per heavy atom. The van der Waals surface area contributed by atoms with Crippen LogP contribution in [0.1, 0.15) is 15.9 Å². The van der Waals surface area contributed by atoms with Gasteiger partial charge < -0.3 is 10.1 Å². The lowest BCUT2D eigenvalue weighted by molar-refractivity contribution is -0.111. The summed E-state index contributed by atoms with van der Waals surface area (Å²) in [5, 5.41) is 3.23. The zero-order chi connectivity index (χ0) is 12.5. The van der Waals surface area contributed by atoms with Gasteiger partial charge in [-0.25, -0.2) is 0 Å². The van der Waals surface area contributed by atoms with Gasteiger partial charge >= 0.3 is 0 Å². The Morgan fingerprint density at radius 1 is 1.17 bits per heavy atom. The van der Waals surface area contributed by atoms with E-state index in [0.29, 0.717) is 18.7 Å². The van der Waals surface area contributed by atoms with Gasteiger partial charge in [-0.1, -0.05) is 24.3 Å². The van der Waals surface area contributed by atoms with Gasteiger partial charge in [0, 0.05) is 18.7 Å². The number of ketones is 2. The standard InChI is InChI=1S/C14H13NO3/c16-12-7-11(13-8-15-5-6-18-13)9-3-1-2-4-10(9)14(12)17/h1-4,7,13,15H,5-6,8H2. The van der Waals surface area contributed by atoms with Crippen molar-refractivity contribution in [3.05, 3.63) is 41.5 Å². The Balaban J connectivity index is 2.05. The van der Waals surface area contributed by atoms with Crippen molar-refractivity contribution < 1.29 is 14.3 Å². The summed E-state index contributed by atoms with van der Waals surface area (Å²) in [6.45, 7) is 2.10. The zero-order valence-electron chi connectivity index (χ0n) is 9.81. The maximum Gasteiger partial charge on any atom is 0.233 e. The highest BCUT2D eigenvalue weighted by Crippen LogP contribution is 2.29. The van der Waals surface area contributed by atoms with E-state index in [1.54, 1.807) is 12.1 Å². The number of benzene rings is 1. The largest absolute Gasteiger partial charge is 0.371 e. The minimum atomic E-state index is -0.460. The number of morpholine rings is 1. The van der Waals surface area contributed by atoms with Crippen LogP contribution in [0.3, 0.4) is 0 Å². The molecule has 1 aromatic carbocycles. The molecule has 1 N–H and O–H groups in total. The van der Waals surface area contributed by atoms with Crippen LogP contribution in [-0.2, 0) is 9.53 Å². The number of hydrogen-bond acceptors (Lipinski definition) is 4. The molecule has 1 fully saturated rings. The average Bonchev–Trinajstić information content (AvgIpc) is 2.44. The summed E-state index contributed by atoms with van der Waals surface area (Å²) in [5.41, 5.74) is 2.10. The van der Waals surface area contributed by atoms with Crippen LogP contribution >= 0.6 is 0 Å². The first-order valence-electron chi connectivity index (χ1n) is 5.99. The fourth-order valence-electron chi connectivity index (χ4n) is 2.38. The van der Waals surface area contributed by atoms with E-state index in [4.69, 9.17) is 4.74 Å². The molecule has 1 aliphatic heterocycles. The molecule has 92 valence electrons. The molecule has 0 saturated carbocycles. The summed E-state index contributed by atoms with van der Waals surface area (Å²) >= 11 is 0. The molecule has 1 aromatic rings. The van der Waals surface area contributed by atoms with Crippen LogP contribution in [0.4, 0.5) is 0 Å². The van der Waals surface area contributed by atoms with Gasteiger partial charge in [-0.05, 0) is 17.2 Å². The molecule has 0 bridgehead atoms. The molecule has 0 aromatic heterocycles. The van der Waals surface area contributed by atoms with Crippen molar-refractivity contribution >= 4 is 17.1 Å². The molecule has 3 rings (SSSR count). The van der Waals surface area contributed by atoms with Gasteiger partial charge in [-0.15, -0.1) is 0 Å². The number of ether oxygens (including phenoxy) is 1. The molecule has 1 unspecified atom stereocenters. The molecule has 4 heteroatoms. The monoisotopic (exact) mass is 243 g/mol. The summed E-state index contributed by atoms with van der Waals surface area (Å²) in [4.78, 5) is 23.5. The smallest absolute Gasteiger partial charge is 0.233 e. The van der Waals surface area contributed by atoms with E-state index in [1.165, 1.54) is 6.08 Å². The van der Waals surface area contributed by atoms with Crippen molar-refractivity contribution in [2.45, 2.75) is 6.10 Å². The predicted molar refractivity (Wildman–Crippen MR) is 66.4 cm³/mol. The molecule has 18 heavy (non-hydrogen) atoms. The fraction of sp³-hybridized carbons (Fsp3) is 0.286. The minimum absolute atomic E-state index is 0.156. The average molecular weight is 243 g/mol. The topological polar surface area (TPSA) is 55.4 Å². The minimum Gasteiger partial charge on any atom is -0.371 e. The van der Waals surface area contributed by atoms with Gasteiger partial charge in [0.05, 0.1) is 12.7 Å². The number of carbonyl (C=O) groups excluding carboxylic acids is 2. The van der Waals surface area contributed by atoms with Crippen LogP contribution in [0.2, 0.25) is 0 Å². The molecule has 0 amide bonds. The van der Waals surface area contributed by atoms with Crippen LogP contribution < -0.4 is 5.32 Å². The third-order valence-electron chi connectivity index (χ3n) is 3.27. The quantitative estimate of drug-likeness (QED) is 0.742. The first-order chi connectivity index (χ1) is 8.77. The summed E-state index contributed by atoms with van der Waals surface area (Å²) in [6.07, 6.45) is 1.26. The first-order valence-corrected chi connectivity index (χ1v) is 5.99. The molecule has 0 spiro atoms. The third-order valence-corrected chi connectivity index (χ3v) is 3.27. The second-order valence-corrected chi connectivity index (χ2v) is 4.40. The molecular weight excluding hydrogens is 230 g/mol. The van der Waals surface area contributed by atoms with E-state index in [9.17, 15) is 9.59 Å². The van der Waals surface area contributed by atoms with Crippen molar-refractivity contribution in [2.75, 3.05) is 19.7 Å². The highest BCUT2D eigenvalue weighted by Gasteiger charge is 2.30. The number of fused-ring (bicyclic) bond motifs is 1. The van der Waals surface area contributed by atoms with Crippen LogP contribution in [0.15, 0.2) is 30.3 Å². The number of carbonyl (C=O) groups is 2. The van der Waals surface area contributed by atoms with Gasteiger partial charge in [0.15, 0.2) is 0 Å². The van der Waals surface area contributed by atoms with Crippen LogP contribution in [0, 0.1) is 0 Å². The Morgan fingerprint density at radius 3 is 2.67 bits per heavy atom. The maximum atomic E-state index is 11.8. The third kappa shape index (κ3) is 1.79. The van der Waals surface area contributed by atoms with Gasteiger partial charge in [-0.2, -0.15) is 0 Å². The van der Waals surface area contributed by atoms with Crippen LogP contribution in [0.25, 0.3) is 5.57 Å². The molecule has 1 aliphatic carbocycles. The Labute approximate surface area is 105 Å². The van der Waals surface area contributed by atoms with Crippen molar-refractivity contribution in [1.82, 2.24) is 5.32 Å². The normalized spacial score (nSPS) is 23.6. The lowest BCUT2D eigenvalue weighted by Gasteiger charge is -2.28. The Kier molecular flexibility index (Phi) is 2.81. The van der Waals surface area contributed by atoms with Crippen LogP contribution in [-0.4, -0.2) is 37.4 Å². The molecule has 2 aliphatic rings. The molecule has 1 atom stereocenters. The number of rotatable bonds is 1. The summed E-state index contributed by atoms with van der Waals surface area (Å²) in [6, 6.07) is 7.20. The van der Waals surface area contributed by atoms with E-state index in [2.05, 4.69) is 5.32 Å². The lowest BCUT2D eigenvalue weighted by atomic mass is 9.86. The molecule has 1 heterocycles. The number of hydrogen-bond donors (Lipinski definition) is 1. The zero-order valence-corrected chi connectivity index (χ0v) is 9.81. The molecule has 4 nitrogen and oxygen atoms in total. The Hall–Kier alpha value is -1.78. The second-order valence-electron chi connectivity index (χ2n) is 4.40. The highest BCUT2D eigenvalue weighted by atomic mass is 16.5. The number of Topliss-reactive ketones (excluding diaryl/α,β-unsaturated/α-hetero) is 1. The van der Waals surface area contributed by atoms with Crippen molar-refractivity contribution in [1.29, 1.82) is 0 Å².